The van der Waals surface area contributed by atoms with Crippen LogP contribution in [0.1, 0.15) is 0 Å². The van der Waals surface area contributed by atoms with E-state index in [0.29, 0.717) is 11.4 Å². The Labute approximate surface area is 95.9 Å². The number of nitrogens with one attached hydrogen (secondary N) is 1. The largest absolute Gasteiger partial charge is 0.319 e. The minimum Gasteiger partial charge on any atom is -0.319 e. The lowest BCUT2D eigenvalue weighted by Gasteiger charge is -2.10. The summed E-state index contributed by atoms with van der Waals surface area (Å²) in [6.45, 7) is 0. The summed E-state index contributed by atoms with van der Waals surface area (Å²) in [5.74, 6) is -1.32. The van der Waals surface area contributed by atoms with E-state index in [9.17, 15) is 13.6 Å². The molecule has 2 aromatic rings. The van der Waals surface area contributed by atoms with E-state index < -0.39 is 12.3 Å². The predicted molar refractivity (Wildman–Crippen MR) is 58.2 cm³/mol. The second kappa shape index (κ2) is 4.73. The lowest BCUT2D eigenvalue weighted by molar-refractivity contribution is -0.126. The SMILES string of the molecule is O=C(Nc1ccccc1-n1ccnc1)C(F)F. The van der Waals surface area contributed by atoms with Gasteiger partial charge in [-0.1, -0.05) is 12.1 Å². The zero-order valence-electron chi connectivity index (χ0n) is 8.68. The molecule has 1 aromatic carbocycles. The third-order valence-electron chi connectivity index (χ3n) is 2.14. The second-order valence-corrected chi connectivity index (χ2v) is 3.28. The van der Waals surface area contributed by atoms with Gasteiger partial charge in [-0.25, -0.2) is 4.98 Å². The Morgan fingerprint density at radius 2 is 2.12 bits per heavy atom. The van der Waals surface area contributed by atoms with Gasteiger partial charge in [0, 0.05) is 12.4 Å². The highest BCUT2D eigenvalue weighted by Crippen LogP contribution is 2.19. The molecule has 4 nitrogen and oxygen atoms in total. The Balaban J connectivity index is 2.32. The van der Waals surface area contributed by atoms with Crippen molar-refractivity contribution in [3.8, 4) is 5.69 Å². The van der Waals surface area contributed by atoms with E-state index in [4.69, 9.17) is 0 Å². The summed E-state index contributed by atoms with van der Waals surface area (Å²) < 4.78 is 25.9. The minimum atomic E-state index is -3.04. The zero-order chi connectivity index (χ0) is 12.3. The molecular weight excluding hydrogens is 228 g/mol. The standard InChI is InChI=1S/C11H9F2N3O/c12-10(13)11(17)15-8-3-1-2-4-9(8)16-6-5-14-7-16/h1-7,10H,(H,15,17). The third-order valence-corrected chi connectivity index (χ3v) is 2.14. The first kappa shape index (κ1) is 11.3. The fourth-order valence-electron chi connectivity index (χ4n) is 1.39. The molecule has 0 aliphatic heterocycles. The highest BCUT2D eigenvalue weighted by molar-refractivity contribution is 5.94. The average molecular weight is 237 g/mol. The van der Waals surface area contributed by atoms with Crippen LogP contribution in [0.25, 0.3) is 5.69 Å². The van der Waals surface area contributed by atoms with Crippen LogP contribution in [0.4, 0.5) is 14.5 Å². The van der Waals surface area contributed by atoms with Gasteiger partial charge in [0.15, 0.2) is 0 Å². The first-order valence-corrected chi connectivity index (χ1v) is 4.85. The molecule has 6 heteroatoms. The van der Waals surface area contributed by atoms with Gasteiger partial charge in [0.1, 0.15) is 0 Å². The van der Waals surface area contributed by atoms with Crippen LogP contribution in [0, 0.1) is 0 Å². The number of rotatable bonds is 3. The number of amides is 1. The van der Waals surface area contributed by atoms with Gasteiger partial charge in [0.2, 0.25) is 0 Å². The number of benzene rings is 1. The molecule has 2 rings (SSSR count). The van der Waals surface area contributed by atoms with Crippen LogP contribution in [0.2, 0.25) is 0 Å². The van der Waals surface area contributed by atoms with Crippen molar-refractivity contribution < 1.29 is 13.6 Å². The number of imidazole rings is 1. The van der Waals surface area contributed by atoms with E-state index in [2.05, 4.69) is 10.3 Å². The molecule has 0 spiro atoms. The van der Waals surface area contributed by atoms with Gasteiger partial charge in [-0.05, 0) is 12.1 Å². The summed E-state index contributed by atoms with van der Waals surface area (Å²) in [7, 11) is 0. The Hall–Kier alpha value is -2.24. The molecule has 1 N–H and O–H groups in total. The van der Waals surface area contributed by atoms with Crippen LogP contribution in [0.5, 0.6) is 0 Å². The van der Waals surface area contributed by atoms with Crippen LogP contribution in [-0.2, 0) is 4.79 Å². The van der Waals surface area contributed by atoms with Gasteiger partial charge in [-0.3, -0.25) is 4.79 Å². The first-order chi connectivity index (χ1) is 8.18. The quantitative estimate of drug-likeness (QED) is 0.888. The van der Waals surface area contributed by atoms with Crippen LogP contribution in [0.3, 0.4) is 0 Å². The number of carbonyl (C=O) groups is 1. The Morgan fingerprint density at radius 1 is 1.35 bits per heavy atom. The number of nitrogens with zero attached hydrogens (tertiary/aromatic N) is 2. The topological polar surface area (TPSA) is 46.9 Å². The van der Waals surface area contributed by atoms with Crippen molar-refractivity contribution in [2.75, 3.05) is 5.32 Å². The van der Waals surface area contributed by atoms with Crippen molar-refractivity contribution in [2.45, 2.75) is 6.43 Å². The monoisotopic (exact) mass is 237 g/mol. The van der Waals surface area contributed by atoms with E-state index in [-0.39, 0.29) is 0 Å². The number of carbonyl (C=O) groups excluding carboxylic acids is 1. The maximum absolute atomic E-state index is 12.2. The van der Waals surface area contributed by atoms with Crippen molar-refractivity contribution in [1.29, 1.82) is 0 Å². The molecule has 1 heterocycles. The van der Waals surface area contributed by atoms with Crippen LogP contribution >= 0.6 is 0 Å². The van der Waals surface area contributed by atoms with Gasteiger partial charge in [-0.15, -0.1) is 0 Å². The Kier molecular flexibility index (Phi) is 3.13. The molecule has 1 aromatic heterocycles. The van der Waals surface area contributed by atoms with Gasteiger partial charge in [0.05, 0.1) is 17.7 Å². The lowest BCUT2D eigenvalue weighted by Crippen LogP contribution is -2.20. The summed E-state index contributed by atoms with van der Waals surface area (Å²) in [5, 5.41) is 2.16. The van der Waals surface area contributed by atoms with E-state index >= 15 is 0 Å². The number of anilines is 1. The summed E-state index contributed by atoms with van der Waals surface area (Å²) in [6.07, 6.45) is 1.71. The molecule has 0 aliphatic rings. The highest BCUT2D eigenvalue weighted by atomic mass is 19.3. The van der Waals surface area contributed by atoms with Crippen LogP contribution in [0.15, 0.2) is 43.0 Å². The Bertz CT molecular complexity index is 511. The Morgan fingerprint density at radius 3 is 2.76 bits per heavy atom. The lowest BCUT2D eigenvalue weighted by atomic mass is 10.2. The smallest absolute Gasteiger partial charge is 0.315 e. The highest BCUT2D eigenvalue weighted by Gasteiger charge is 2.16. The van der Waals surface area contributed by atoms with Crippen LogP contribution < -0.4 is 5.32 Å². The molecular formula is C11H9F2N3O. The van der Waals surface area contributed by atoms with Gasteiger partial charge < -0.3 is 9.88 Å². The first-order valence-electron chi connectivity index (χ1n) is 4.85. The van der Waals surface area contributed by atoms with E-state index in [1.165, 1.54) is 6.33 Å². The number of para-hydroxylation sites is 2. The van der Waals surface area contributed by atoms with E-state index in [1.807, 2.05) is 0 Å². The average Bonchev–Trinajstić information content (AvgIpc) is 2.83. The number of halogens is 2. The molecule has 0 saturated carbocycles. The molecule has 0 unspecified atom stereocenters. The molecule has 0 radical (unpaired) electrons. The fourth-order valence-corrected chi connectivity index (χ4v) is 1.39. The number of alkyl halides is 2. The molecule has 0 fully saturated rings. The van der Waals surface area contributed by atoms with Crippen molar-refractivity contribution >= 4 is 11.6 Å². The summed E-state index contributed by atoms with van der Waals surface area (Å²) in [5.41, 5.74) is 0.898. The second-order valence-electron chi connectivity index (χ2n) is 3.28. The zero-order valence-corrected chi connectivity index (χ0v) is 8.68. The number of hydrogen-bond acceptors (Lipinski definition) is 2. The molecule has 17 heavy (non-hydrogen) atoms. The van der Waals surface area contributed by atoms with Gasteiger partial charge >= 0.3 is 6.43 Å². The predicted octanol–water partition coefficient (Wildman–Crippen LogP) is 2.08. The normalized spacial score (nSPS) is 10.5. The summed E-state index contributed by atoms with van der Waals surface area (Å²) in [6, 6.07) is 6.65. The maximum atomic E-state index is 12.2. The van der Waals surface area contributed by atoms with Crippen molar-refractivity contribution in [2.24, 2.45) is 0 Å². The fraction of sp³-hybridized carbons (Fsp3) is 0.0909. The maximum Gasteiger partial charge on any atom is 0.315 e. The third kappa shape index (κ3) is 2.47. The molecule has 0 saturated heterocycles. The van der Waals surface area contributed by atoms with Gasteiger partial charge in [0.25, 0.3) is 5.91 Å². The summed E-state index contributed by atoms with van der Waals surface area (Å²) in [4.78, 5) is 14.8. The van der Waals surface area contributed by atoms with Crippen molar-refractivity contribution in [3.63, 3.8) is 0 Å². The van der Waals surface area contributed by atoms with Crippen LogP contribution in [-0.4, -0.2) is 21.9 Å². The molecule has 0 bridgehead atoms. The minimum absolute atomic E-state index is 0.316. The molecule has 0 aliphatic carbocycles. The molecule has 1 amide bonds. The van der Waals surface area contributed by atoms with E-state index in [0.717, 1.165) is 0 Å². The summed E-state index contributed by atoms with van der Waals surface area (Å²) >= 11 is 0. The van der Waals surface area contributed by atoms with Crippen molar-refractivity contribution in [3.05, 3.63) is 43.0 Å². The number of aromatic nitrogens is 2. The number of hydrogen-bond donors (Lipinski definition) is 1. The van der Waals surface area contributed by atoms with Gasteiger partial charge in [-0.2, -0.15) is 8.78 Å². The van der Waals surface area contributed by atoms with Crippen molar-refractivity contribution in [1.82, 2.24) is 9.55 Å². The molecule has 88 valence electrons. The van der Waals surface area contributed by atoms with E-state index in [1.54, 1.807) is 41.2 Å². The molecule has 0 atom stereocenters.